The summed E-state index contributed by atoms with van der Waals surface area (Å²) in [5.41, 5.74) is 0.757. The van der Waals surface area contributed by atoms with Crippen molar-refractivity contribution in [1.29, 1.82) is 0 Å². The quantitative estimate of drug-likeness (QED) is 0.732. The largest absolute Gasteiger partial charge is 0.497 e. The van der Waals surface area contributed by atoms with Crippen LogP contribution in [-0.4, -0.2) is 30.4 Å². The predicted octanol–water partition coefficient (Wildman–Crippen LogP) is 3.60. The van der Waals surface area contributed by atoms with Crippen molar-refractivity contribution >= 4 is 17.1 Å². The van der Waals surface area contributed by atoms with E-state index in [9.17, 15) is 4.79 Å². The lowest BCUT2D eigenvalue weighted by Gasteiger charge is -2.20. The molecule has 110 valence electrons. The van der Waals surface area contributed by atoms with Gasteiger partial charge in [0.15, 0.2) is 5.78 Å². The third-order valence-electron chi connectivity index (χ3n) is 3.76. The Bertz CT molecular complexity index is 588. The predicted molar refractivity (Wildman–Crippen MR) is 85.1 cm³/mol. The molecule has 0 spiro atoms. The molecule has 3 rings (SSSR count). The fourth-order valence-corrected chi connectivity index (χ4v) is 3.14. The number of hydrogen-bond acceptors (Lipinski definition) is 4. The SMILES string of the molecule is COc1ccc(C(=O)CN(Cc2cccs2)C2CC2)cc1. The molecule has 0 N–H and O–H groups in total. The van der Waals surface area contributed by atoms with Gasteiger partial charge >= 0.3 is 0 Å². The van der Waals surface area contributed by atoms with Crippen molar-refractivity contribution in [3.63, 3.8) is 0 Å². The summed E-state index contributed by atoms with van der Waals surface area (Å²) in [5, 5.41) is 2.09. The summed E-state index contributed by atoms with van der Waals surface area (Å²) in [5.74, 6) is 0.963. The summed E-state index contributed by atoms with van der Waals surface area (Å²) in [6.07, 6.45) is 2.42. The summed E-state index contributed by atoms with van der Waals surface area (Å²) in [6.45, 7) is 1.37. The highest BCUT2D eigenvalue weighted by Crippen LogP contribution is 2.29. The van der Waals surface area contributed by atoms with E-state index in [0.717, 1.165) is 17.9 Å². The van der Waals surface area contributed by atoms with Gasteiger partial charge in [-0.3, -0.25) is 9.69 Å². The Morgan fingerprint density at radius 2 is 2.05 bits per heavy atom. The molecule has 2 aromatic rings. The minimum atomic E-state index is 0.182. The number of ether oxygens (including phenoxy) is 1. The van der Waals surface area contributed by atoms with Crippen LogP contribution in [0.25, 0.3) is 0 Å². The van der Waals surface area contributed by atoms with Crippen molar-refractivity contribution in [2.45, 2.75) is 25.4 Å². The van der Waals surface area contributed by atoms with E-state index in [1.165, 1.54) is 17.7 Å². The summed E-state index contributed by atoms with van der Waals surface area (Å²) in [4.78, 5) is 16.1. The minimum Gasteiger partial charge on any atom is -0.497 e. The molecule has 0 radical (unpaired) electrons. The first-order valence-electron chi connectivity index (χ1n) is 7.20. The van der Waals surface area contributed by atoms with E-state index in [-0.39, 0.29) is 5.78 Å². The molecule has 21 heavy (non-hydrogen) atoms. The van der Waals surface area contributed by atoms with Gasteiger partial charge in [0.05, 0.1) is 13.7 Å². The molecule has 1 fully saturated rings. The number of carbonyl (C=O) groups excluding carboxylic acids is 1. The standard InChI is InChI=1S/C17H19NO2S/c1-20-15-8-4-13(5-9-15)17(19)12-18(14-6-7-14)11-16-3-2-10-21-16/h2-5,8-10,14H,6-7,11-12H2,1H3. The molecule has 1 aliphatic carbocycles. The molecule has 4 heteroatoms. The van der Waals surface area contributed by atoms with E-state index in [0.29, 0.717) is 12.6 Å². The number of ketones is 1. The number of benzene rings is 1. The van der Waals surface area contributed by atoms with Gasteiger partial charge in [-0.2, -0.15) is 0 Å². The number of rotatable bonds is 7. The van der Waals surface area contributed by atoms with E-state index in [2.05, 4.69) is 22.4 Å². The second kappa shape index (κ2) is 6.41. The van der Waals surface area contributed by atoms with E-state index >= 15 is 0 Å². The lowest BCUT2D eigenvalue weighted by Crippen LogP contribution is -2.31. The lowest BCUT2D eigenvalue weighted by molar-refractivity contribution is 0.0920. The highest BCUT2D eigenvalue weighted by molar-refractivity contribution is 7.09. The van der Waals surface area contributed by atoms with Crippen LogP contribution in [0.5, 0.6) is 5.75 Å². The van der Waals surface area contributed by atoms with Gasteiger partial charge < -0.3 is 4.74 Å². The highest BCUT2D eigenvalue weighted by atomic mass is 32.1. The Balaban J connectivity index is 1.65. The van der Waals surface area contributed by atoms with Crippen LogP contribution in [0.3, 0.4) is 0 Å². The molecule has 3 nitrogen and oxygen atoms in total. The molecular weight excluding hydrogens is 282 g/mol. The lowest BCUT2D eigenvalue weighted by atomic mass is 10.1. The molecule has 1 aromatic heterocycles. The van der Waals surface area contributed by atoms with Crippen LogP contribution >= 0.6 is 11.3 Å². The molecule has 0 atom stereocenters. The van der Waals surface area contributed by atoms with Gasteiger partial charge in [0.2, 0.25) is 0 Å². The monoisotopic (exact) mass is 301 g/mol. The molecular formula is C17H19NO2S. The first kappa shape index (κ1) is 14.3. The Morgan fingerprint density at radius 3 is 2.62 bits per heavy atom. The number of carbonyl (C=O) groups is 1. The first-order chi connectivity index (χ1) is 10.3. The fourth-order valence-electron chi connectivity index (χ4n) is 2.41. The van der Waals surface area contributed by atoms with Crippen LogP contribution in [0, 0.1) is 0 Å². The second-order valence-corrected chi connectivity index (χ2v) is 6.40. The Morgan fingerprint density at radius 1 is 1.29 bits per heavy atom. The van der Waals surface area contributed by atoms with Gasteiger partial charge in [-0.15, -0.1) is 11.3 Å². The van der Waals surface area contributed by atoms with Crippen LogP contribution in [0.15, 0.2) is 41.8 Å². The third-order valence-corrected chi connectivity index (χ3v) is 4.62. The van der Waals surface area contributed by atoms with Gasteiger partial charge in [-0.05, 0) is 48.6 Å². The molecule has 0 bridgehead atoms. The average molecular weight is 301 g/mol. The molecule has 1 saturated carbocycles. The molecule has 0 aliphatic heterocycles. The van der Waals surface area contributed by atoms with Gasteiger partial charge in [-0.25, -0.2) is 0 Å². The van der Waals surface area contributed by atoms with Gasteiger partial charge in [-0.1, -0.05) is 6.07 Å². The van der Waals surface area contributed by atoms with Crippen molar-refractivity contribution in [1.82, 2.24) is 4.90 Å². The summed E-state index contributed by atoms with van der Waals surface area (Å²) in [7, 11) is 1.63. The number of Topliss-reactive ketones (excluding diaryl/α,β-unsaturated/α-hetero) is 1. The van der Waals surface area contributed by atoms with Crippen molar-refractivity contribution in [3.8, 4) is 5.75 Å². The van der Waals surface area contributed by atoms with Gasteiger partial charge in [0.1, 0.15) is 5.75 Å². The van der Waals surface area contributed by atoms with Gasteiger partial charge in [0, 0.05) is 23.0 Å². The zero-order valence-electron chi connectivity index (χ0n) is 12.1. The van der Waals surface area contributed by atoms with Crippen molar-refractivity contribution in [3.05, 3.63) is 52.2 Å². The summed E-state index contributed by atoms with van der Waals surface area (Å²) < 4.78 is 5.13. The van der Waals surface area contributed by atoms with Gasteiger partial charge in [0.25, 0.3) is 0 Å². The number of hydrogen-bond donors (Lipinski definition) is 0. The maximum absolute atomic E-state index is 12.4. The van der Waals surface area contributed by atoms with Crippen molar-refractivity contribution < 1.29 is 9.53 Å². The Kier molecular flexibility index (Phi) is 4.36. The zero-order valence-corrected chi connectivity index (χ0v) is 12.9. The molecule has 0 unspecified atom stereocenters. The number of thiophene rings is 1. The maximum Gasteiger partial charge on any atom is 0.176 e. The topological polar surface area (TPSA) is 29.5 Å². The van der Waals surface area contributed by atoms with Crippen LogP contribution in [0.1, 0.15) is 28.1 Å². The van der Waals surface area contributed by atoms with E-state index < -0.39 is 0 Å². The molecule has 1 aliphatic rings. The van der Waals surface area contributed by atoms with Crippen LogP contribution in [-0.2, 0) is 6.54 Å². The fraction of sp³-hybridized carbons (Fsp3) is 0.353. The minimum absolute atomic E-state index is 0.182. The molecule has 0 saturated heterocycles. The van der Waals surface area contributed by atoms with Crippen molar-refractivity contribution in [2.75, 3.05) is 13.7 Å². The smallest absolute Gasteiger partial charge is 0.176 e. The number of nitrogens with zero attached hydrogens (tertiary/aromatic N) is 1. The second-order valence-electron chi connectivity index (χ2n) is 5.37. The van der Waals surface area contributed by atoms with Crippen molar-refractivity contribution in [2.24, 2.45) is 0 Å². The van der Waals surface area contributed by atoms with Crippen LogP contribution in [0.2, 0.25) is 0 Å². The first-order valence-corrected chi connectivity index (χ1v) is 8.08. The average Bonchev–Trinajstić information content (AvgIpc) is 3.24. The molecule has 1 heterocycles. The zero-order chi connectivity index (χ0) is 14.7. The number of methoxy groups -OCH3 is 1. The molecule has 1 aromatic carbocycles. The summed E-state index contributed by atoms with van der Waals surface area (Å²) >= 11 is 1.75. The normalized spacial score (nSPS) is 14.4. The van der Waals surface area contributed by atoms with Crippen LogP contribution in [0.4, 0.5) is 0 Å². The maximum atomic E-state index is 12.4. The van der Waals surface area contributed by atoms with E-state index in [1.54, 1.807) is 18.4 Å². The highest BCUT2D eigenvalue weighted by Gasteiger charge is 2.30. The van der Waals surface area contributed by atoms with Crippen LogP contribution < -0.4 is 4.74 Å². The summed E-state index contributed by atoms with van der Waals surface area (Å²) in [6, 6.07) is 12.2. The molecule has 0 amide bonds. The third kappa shape index (κ3) is 3.71. The van der Waals surface area contributed by atoms with E-state index in [1.807, 2.05) is 24.3 Å². The Hall–Kier alpha value is -1.65. The van der Waals surface area contributed by atoms with E-state index in [4.69, 9.17) is 4.74 Å². The Labute approximate surface area is 129 Å².